The number of nitrogens with zero attached hydrogens (tertiary/aromatic N) is 3. The van der Waals surface area contributed by atoms with Gasteiger partial charge in [0.05, 0.1) is 10.6 Å². The zero-order valence-electron chi connectivity index (χ0n) is 14.4. The van der Waals surface area contributed by atoms with E-state index in [0.717, 1.165) is 10.4 Å². The van der Waals surface area contributed by atoms with Crippen molar-refractivity contribution in [3.63, 3.8) is 0 Å². The largest absolute Gasteiger partial charge is 0.410 e. The quantitative estimate of drug-likeness (QED) is 0.607. The Kier molecular flexibility index (Phi) is 5.55. The summed E-state index contributed by atoms with van der Waals surface area (Å²) in [5, 5.41) is 10.4. The molecule has 2 heterocycles. The number of thioether (sulfide) groups is 1. The van der Waals surface area contributed by atoms with Crippen molar-refractivity contribution in [1.29, 1.82) is 0 Å². The van der Waals surface area contributed by atoms with E-state index in [1.165, 1.54) is 22.9 Å². The highest BCUT2D eigenvalue weighted by Crippen LogP contribution is 2.26. The number of aromatic nitrogens is 2. The monoisotopic (exact) mass is 373 g/mol. The second-order valence-electron chi connectivity index (χ2n) is 5.82. The van der Waals surface area contributed by atoms with Crippen molar-refractivity contribution in [1.82, 2.24) is 15.1 Å². The van der Waals surface area contributed by atoms with Gasteiger partial charge in [0.25, 0.3) is 11.1 Å². The number of hydrogen-bond acceptors (Lipinski definition) is 6. The molecule has 0 aliphatic rings. The van der Waals surface area contributed by atoms with Gasteiger partial charge in [-0.2, -0.15) is 0 Å². The van der Waals surface area contributed by atoms with E-state index < -0.39 is 0 Å². The summed E-state index contributed by atoms with van der Waals surface area (Å²) in [6.07, 6.45) is 0. The highest BCUT2D eigenvalue weighted by Gasteiger charge is 2.15. The highest BCUT2D eigenvalue weighted by molar-refractivity contribution is 7.99. The minimum atomic E-state index is 0.0286. The Morgan fingerprint density at radius 1 is 1.28 bits per heavy atom. The molecule has 2 aromatic heterocycles. The van der Waals surface area contributed by atoms with E-state index in [1.54, 1.807) is 16.2 Å². The van der Waals surface area contributed by atoms with Crippen LogP contribution < -0.4 is 0 Å². The first-order valence-corrected chi connectivity index (χ1v) is 9.69. The third-order valence-corrected chi connectivity index (χ3v) is 5.45. The molecule has 0 spiro atoms. The first kappa shape index (κ1) is 17.7. The lowest BCUT2D eigenvalue weighted by molar-refractivity contribution is -0.127. The molecule has 25 heavy (non-hydrogen) atoms. The number of aryl methyl sites for hydroxylation is 2. The van der Waals surface area contributed by atoms with Gasteiger partial charge in [0, 0.05) is 13.6 Å². The molecule has 0 saturated heterocycles. The summed E-state index contributed by atoms with van der Waals surface area (Å²) in [6, 6.07) is 10.1. The van der Waals surface area contributed by atoms with Gasteiger partial charge in [0.1, 0.15) is 0 Å². The summed E-state index contributed by atoms with van der Waals surface area (Å²) in [5.41, 5.74) is 3.58. The number of carbonyl (C=O) groups is 1. The van der Waals surface area contributed by atoms with Gasteiger partial charge in [-0.3, -0.25) is 4.79 Å². The molecule has 0 atom stereocenters. The summed E-state index contributed by atoms with van der Waals surface area (Å²) in [4.78, 5) is 15.0. The van der Waals surface area contributed by atoms with Crippen LogP contribution in [0, 0.1) is 13.8 Å². The van der Waals surface area contributed by atoms with Crippen LogP contribution in [0.5, 0.6) is 0 Å². The summed E-state index contributed by atoms with van der Waals surface area (Å²) in [7, 11) is 1.81. The smallest absolute Gasteiger partial charge is 0.277 e. The minimum absolute atomic E-state index is 0.0286. The van der Waals surface area contributed by atoms with E-state index in [1.807, 2.05) is 24.6 Å². The van der Waals surface area contributed by atoms with Crippen LogP contribution in [0.2, 0.25) is 0 Å². The summed E-state index contributed by atoms with van der Waals surface area (Å²) >= 11 is 2.81. The fourth-order valence-corrected chi connectivity index (χ4v) is 3.72. The van der Waals surface area contributed by atoms with Gasteiger partial charge in [0.15, 0.2) is 0 Å². The first-order chi connectivity index (χ1) is 12.0. The van der Waals surface area contributed by atoms with Gasteiger partial charge < -0.3 is 9.32 Å². The Balaban J connectivity index is 1.55. The second-order valence-corrected chi connectivity index (χ2v) is 7.69. The van der Waals surface area contributed by atoms with Crippen molar-refractivity contribution in [2.24, 2.45) is 0 Å². The van der Waals surface area contributed by atoms with Crippen molar-refractivity contribution >= 4 is 29.0 Å². The Labute approximate surface area is 155 Å². The number of hydrogen-bond donors (Lipinski definition) is 0. The summed E-state index contributed by atoms with van der Waals surface area (Å²) in [6.45, 7) is 4.73. The molecule has 0 bridgehead atoms. The molecule has 5 nitrogen and oxygen atoms in total. The van der Waals surface area contributed by atoms with E-state index in [2.05, 4.69) is 42.2 Å². The predicted octanol–water partition coefficient (Wildman–Crippen LogP) is 4.17. The number of amides is 1. The van der Waals surface area contributed by atoms with Crippen molar-refractivity contribution in [3.8, 4) is 10.8 Å². The van der Waals surface area contributed by atoms with E-state index >= 15 is 0 Å². The Morgan fingerprint density at radius 2 is 2.12 bits per heavy atom. The average molecular weight is 374 g/mol. The summed E-state index contributed by atoms with van der Waals surface area (Å²) in [5.74, 6) is 0.794. The van der Waals surface area contributed by atoms with Crippen molar-refractivity contribution < 1.29 is 9.21 Å². The van der Waals surface area contributed by atoms with Crippen molar-refractivity contribution in [2.45, 2.75) is 25.6 Å². The molecule has 0 aliphatic heterocycles. The molecule has 0 fully saturated rings. The van der Waals surface area contributed by atoms with Gasteiger partial charge in [0.2, 0.25) is 5.91 Å². The fourth-order valence-electron chi connectivity index (χ4n) is 2.37. The molecule has 0 unspecified atom stereocenters. The normalized spacial score (nSPS) is 10.8. The second kappa shape index (κ2) is 7.84. The van der Waals surface area contributed by atoms with Crippen LogP contribution in [0.25, 0.3) is 10.8 Å². The topological polar surface area (TPSA) is 59.2 Å². The Morgan fingerprint density at radius 3 is 2.84 bits per heavy atom. The third kappa shape index (κ3) is 4.49. The Hall–Kier alpha value is -2.12. The SMILES string of the molecule is Cc1ccc(CN(C)C(=O)CSc2nnc(-c3cccs3)o2)c(C)c1. The molecule has 130 valence electrons. The average Bonchev–Trinajstić information content (AvgIpc) is 3.26. The van der Waals surface area contributed by atoms with E-state index in [0.29, 0.717) is 17.7 Å². The van der Waals surface area contributed by atoms with Crippen LogP contribution in [0.1, 0.15) is 16.7 Å². The van der Waals surface area contributed by atoms with Crippen LogP contribution in [-0.4, -0.2) is 33.8 Å². The maximum atomic E-state index is 12.4. The number of thiophene rings is 1. The van der Waals surface area contributed by atoms with Crippen LogP contribution >= 0.6 is 23.1 Å². The van der Waals surface area contributed by atoms with Gasteiger partial charge in [-0.1, -0.05) is 41.6 Å². The van der Waals surface area contributed by atoms with E-state index in [-0.39, 0.29) is 11.7 Å². The molecular weight excluding hydrogens is 354 g/mol. The standard InChI is InChI=1S/C18H19N3O2S2/c1-12-6-7-14(13(2)9-12)10-21(3)16(22)11-25-18-20-19-17(23-18)15-5-4-8-24-15/h4-9H,10-11H2,1-3H3. The highest BCUT2D eigenvalue weighted by atomic mass is 32.2. The molecule has 0 saturated carbocycles. The molecule has 1 aromatic carbocycles. The van der Waals surface area contributed by atoms with Gasteiger partial charge in [-0.05, 0) is 36.4 Å². The third-order valence-electron chi connectivity index (χ3n) is 3.79. The number of benzene rings is 1. The van der Waals surface area contributed by atoms with Crippen LogP contribution in [0.4, 0.5) is 0 Å². The molecule has 3 rings (SSSR count). The predicted molar refractivity (Wildman–Crippen MR) is 101 cm³/mol. The van der Waals surface area contributed by atoms with Crippen molar-refractivity contribution in [3.05, 3.63) is 52.4 Å². The number of rotatable bonds is 6. The summed E-state index contributed by atoms with van der Waals surface area (Å²) < 4.78 is 5.59. The molecular formula is C18H19N3O2S2. The molecule has 0 N–H and O–H groups in total. The van der Waals surface area contributed by atoms with Gasteiger partial charge in [-0.25, -0.2) is 0 Å². The Bertz CT molecular complexity index is 859. The number of carbonyl (C=O) groups excluding carboxylic acids is 1. The molecule has 1 amide bonds. The molecule has 0 radical (unpaired) electrons. The van der Waals surface area contributed by atoms with E-state index in [4.69, 9.17) is 4.42 Å². The lowest BCUT2D eigenvalue weighted by atomic mass is 10.1. The maximum Gasteiger partial charge on any atom is 0.277 e. The van der Waals surface area contributed by atoms with Gasteiger partial charge >= 0.3 is 0 Å². The van der Waals surface area contributed by atoms with Crippen LogP contribution in [-0.2, 0) is 11.3 Å². The molecule has 0 aliphatic carbocycles. The molecule has 7 heteroatoms. The zero-order valence-corrected chi connectivity index (χ0v) is 16.0. The minimum Gasteiger partial charge on any atom is -0.410 e. The zero-order chi connectivity index (χ0) is 17.8. The van der Waals surface area contributed by atoms with Gasteiger partial charge in [-0.15, -0.1) is 21.5 Å². The van der Waals surface area contributed by atoms with E-state index in [9.17, 15) is 4.79 Å². The fraction of sp³-hybridized carbons (Fsp3) is 0.278. The lowest BCUT2D eigenvalue weighted by Crippen LogP contribution is -2.28. The maximum absolute atomic E-state index is 12.4. The lowest BCUT2D eigenvalue weighted by Gasteiger charge is -2.18. The van der Waals surface area contributed by atoms with Crippen LogP contribution in [0.3, 0.4) is 0 Å². The first-order valence-electron chi connectivity index (χ1n) is 7.83. The molecule has 3 aromatic rings. The van der Waals surface area contributed by atoms with Crippen molar-refractivity contribution in [2.75, 3.05) is 12.8 Å². The van der Waals surface area contributed by atoms with Crippen LogP contribution in [0.15, 0.2) is 45.4 Å².